The summed E-state index contributed by atoms with van der Waals surface area (Å²) in [5.74, 6) is 0.159. The van der Waals surface area contributed by atoms with Crippen molar-refractivity contribution in [2.24, 2.45) is 0 Å². The second-order valence-electron chi connectivity index (χ2n) is 10.9. The second-order valence-corrected chi connectivity index (χ2v) is 10.9. The predicted octanol–water partition coefficient (Wildman–Crippen LogP) is 3.51. The molecule has 0 bridgehead atoms. The van der Waals surface area contributed by atoms with E-state index in [1.807, 2.05) is 38.9 Å². The molecular formula is C27H37N5O7. The lowest BCUT2D eigenvalue weighted by atomic mass is 10.0. The molecule has 2 amide bonds. The average Bonchev–Trinajstić information content (AvgIpc) is 3.62. The van der Waals surface area contributed by atoms with Crippen molar-refractivity contribution < 1.29 is 33.7 Å². The lowest BCUT2D eigenvalue weighted by Gasteiger charge is -2.25. The van der Waals surface area contributed by atoms with Gasteiger partial charge < -0.3 is 24.6 Å². The quantitative estimate of drug-likeness (QED) is 0.480. The molecule has 2 atom stereocenters. The van der Waals surface area contributed by atoms with E-state index in [9.17, 15) is 19.5 Å². The van der Waals surface area contributed by atoms with Gasteiger partial charge in [-0.25, -0.2) is 19.5 Å². The van der Waals surface area contributed by atoms with Gasteiger partial charge in [0.05, 0.1) is 23.9 Å². The van der Waals surface area contributed by atoms with Crippen LogP contribution in [0.25, 0.3) is 0 Å². The first kappa shape index (κ1) is 28.2. The van der Waals surface area contributed by atoms with Crippen molar-refractivity contribution >= 4 is 24.1 Å². The molecule has 4 rings (SSSR count). The van der Waals surface area contributed by atoms with Gasteiger partial charge in [0.1, 0.15) is 29.2 Å². The second kappa shape index (κ2) is 11.5. The van der Waals surface area contributed by atoms with Crippen molar-refractivity contribution in [3.05, 3.63) is 29.5 Å². The number of hydrogen-bond acceptors (Lipinski definition) is 9. The van der Waals surface area contributed by atoms with Crippen LogP contribution < -0.4 is 14.8 Å². The van der Waals surface area contributed by atoms with Crippen LogP contribution in [0.5, 0.6) is 17.2 Å². The maximum atomic E-state index is 12.8. The molecule has 1 aromatic heterocycles. The molecule has 0 spiro atoms. The maximum absolute atomic E-state index is 12.8. The molecule has 2 aliphatic rings. The van der Waals surface area contributed by atoms with Crippen molar-refractivity contribution in [2.45, 2.75) is 64.0 Å². The Bertz CT molecular complexity index is 1220. The van der Waals surface area contributed by atoms with Crippen molar-refractivity contribution in [2.75, 3.05) is 39.2 Å². The average molecular weight is 544 g/mol. The van der Waals surface area contributed by atoms with Crippen LogP contribution >= 0.6 is 0 Å². The van der Waals surface area contributed by atoms with Crippen LogP contribution in [-0.2, 0) is 15.1 Å². The summed E-state index contributed by atoms with van der Waals surface area (Å²) in [6, 6.07) is 4.57. The molecular weight excluding hydrogens is 506 g/mol. The fourth-order valence-electron chi connectivity index (χ4n) is 4.96. The highest BCUT2D eigenvalue weighted by Gasteiger charge is 2.34. The summed E-state index contributed by atoms with van der Waals surface area (Å²) in [4.78, 5) is 36.8. The molecule has 2 fully saturated rings. The van der Waals surface area contributed by atoms with Crippen molar-refractivity contribution in [3.63, 3.8) is 0 Å². The zero-order valence-electron chi connectivity index (χ0n) is 23.1. The third kappa shape index (κ3) is 6.44. The number of ether oxygens (including phenoxy) is 3. The Morgan fingerprint density at radius 3 is 2.62 bits per heavy atom. The number of carbonyl (C=O) groups is 3. The van der Waals surface area contributed by atoms with Gasteiger partial charge in [-0.1, -0.05) is 0 Å². The van der Waals surface area contributed by atoms with Crippen LogP contribution in [0.1, 0.15) is 68.4 Å². The fourth-order valence-corrected chi connectivity index (χ4v) is 4.96. The standard InChI is InChI=1S/C27H37N5O7/c1-27(2,3)32-24(28-25(35)16-38-23-13-19(37-5)12-22(34)20(23)15-33)14-21(29-32)17-7-8-18(11-17)39-26(36)31-10-6-9-30(31)4/h12-15,17-18,34H,6-11,16H2,1-5H3,(H,28,35)/t17?,18-/m1/s1. The van der Waals surface area contributed by atoms with Crippen LogP contribution in [-0.4, -0.2) is 83.1 Å². The smallest absolute Gasteiger partial charge is 0.424 e. The third-order valence-electron chi connectivity index (χ3n) is 6.98. The normalized spacial score (nSPS) is 19.7. The minimum absolute atomic E-state index is 0.0358. The number of benzene rings is 1. The maximum Gasteiger partial charge on any atom is 0.424 e. The number of aromatic hydroxyl groups is 1. The Hall–Kier alpha value is -3.80. The van der Waals surface area contributed by atoms with Crippen LogP contribution in [0.2, 0.25) is 0 Å². The molecule has 212 valence electrons. The summed E-state index contributed by atoms with van der Waals surface area (Å²) in [6.07, 6.45) is 3.12. The molecule has 1 saturated heterocycles. The molecule has 2 heterocycles. The summed E-state index contributed by atoms with van der Waals surface area (Å²) >= 11 is 0. The van der Waals surface area contributed by atoms with Gasteiger partial charge in [0.15, 0.2) is 12.9 Å². The molecule has 1 aliphatic heterocycles. The number of nitrogens with zero attached hydrogens (tertiary/aromatic N) is 4. The molecule has 1 saturated carbocycles. The number of phenols is 1. The van der Waals surface area contributed by atoms with Gasteiger partial charge in [0, 0.05) is 44.3 Å². The number of nitrogens with one attached hydrogen (secondary N) is 1. The van der Waals surface area contributed by atoms with Crippen molar-refractivity contribution in [3.8, 4) is 17.2 Å². The largest absolute Gasteiger partial charge is 0.507 e. The Balaban J connectivity index is 1.42. The predicted molar refractivity (Wildman–Crippen MR) is 142 cm³/mol. The van der Waals surface area contributed by atoms with Crippen LogP contribution in [0, 0.1) is 0 Å². The van der Waals surface area contributed by atoms with E-state index in [1.54, 1.807) is 9.69 Å². The number of aldehydes is 1. The Morgan fingerprint density at radius 1 is 1.21 bits per heavy atom. The van der Waals surface area contributed by atoms with Gasteiger partial charge in [-0.15, -0.1) is 0 Å². The van der Waals surface area contributed by atoms with Crippen LogP contribution in [0.15, 0.2) is 18.2 Å². The van der Waals surface area contributed by atoms with E-state index in [0.717, 1.165) is 31.5 Å². The van der Waals surface area contributed by atoms with Gasteiger partial charge >= 0.3 is 6.09 Å². The molecule has 12 nitrogen and oxygen atoms in total. The molecule has 1 unspecified atom stereocenters. The number of amides is 2. The first-order chi connectivity index (χ1) is 18.5. The Labute approximate surface area is 227 Å². The Morgan fingerprint density at radius 2 is 1.97 bits per heavy atom. The van der Waals surface area contributed by atoms with E-state index in [1.165, 1.54) is 19.2 Å². The summed E-state index contributed by atoms with van der Waals surface area (Å²) in [7, 11) is 3.30. The monoisotopic (exact) mass is 543 g/mol. The van der Waals surface area contributed by atoms with Crippen molar-refractivity contribution in [1.29, 1.82) is 0 Å². The highest BCUT2D eigenvalue weighted by Crippen LogP contribution is 2.38. The molecule has 1 aliphatic carbocycles. The zero-order chi connectivity index (χ0) is 28.3. The van der Waals surface area contributed by atoms with E-state index in [4.69, 9.17) is 19.3 Å². The van der Waals surface area contributed by atoms with E-state index in [2.05, 4.69) is 5.32 Å². The highest BCUT2D eigenvalue weighted by atomic mass is 16.6. The fraction of sp³-hybridized carbons (Fsp3) is 0.556. The Kier molecular flexibility index (Phi) is 8.34. The van der Waals surface area contributed by atoms with E-state index >= 15 is 0 Å². The number of anilines is 1. The number of phenolic OH excluding ortho intramolecular Hbond substituents is 1. The lowest BCUT2D eigenvalue weighted by molar-refractivity contribution is -0.118. The number of hydrogen-bond donors (Lipinski definition) is 2. The van der Waals surface area contributed by atoms with E-state index in [0.29, 0.717) is 25.1 Å². The van der Waals surface area contributed by atoms with Crippen LogP contribution in [0.3, 0.4) is 0 Å². The summed E-state index contributed by atoms with van der Waals surface area (Å²) in [5, 5.41) is 21.2. The van der Waals surface area contributed by atoms with E-state index < -0.39 is 18.1 Å². The molecule has 2 aromatic rings. The van der Waals surface area contributed by atoms with Gasteiger partial charge in [0.25, 0.3) is 5.91 Å². The number of methoxy groups -OCH3 is 1. The van der Waals surface area contributed by atoms with Gasteiger partial charge in [0.2, 0.25) is 0 Å². The van der Waals surface area contributed by atoms with Gasteiger partial charge in [-0.05, 0) is 46.5 Å². The topological polar surface area (TPSA) is 135 Å². The molecule has 1 aromatic carbocycles. The summed E-state index contributed by atoms with van der Waals surface area (Å²) in [5.41, 5.74) is 0.327. The minimum Gasteiger partial charge on any atom is -0.507 e. The number of hydrazine groups is 1. The third-order valence-corrected chi connectivity index (χ3v) is 6.98. The number of aromatic nitrogens is 2. The first-order valence-electron chi connectivity index (χ1n) is 13.1. The first-order valence-corrected chi connectivity index (χ1v) is 13.1. The molecule has 2 N–H and O–H groups in total. The molecule has 12 heteroatoms. The summed E-state index contributed by atoms with van der Waals surface area (Å²) in [6.45, 7) is 7.06. The number of carbonyl (C=O) groups excluding carboxylic acids is 3. The van der Waals surface area contributed by atoms with Gasteiger partial charge in [-0.2, -0.15) is 5.10 Å². The van der Waals surface area contributed by atoms with Crippen LogP contribution in [0.4, 0.5) is 10.6 Å². The van der Waals surface area contributed by atoms with Gasteiger partial charge in [-0.3, -0.25) is 9.59 Å². The lowest BCUT2D eigenvalue weighted by Crippen LogP contribution is -2.40. The number of rotatable bonds is 8. The molecule has 0 radical (unpaired) electrons. The minimum atomic E-state index is -0.459. The molecule has 39 heavy (non-hydrogen) atoms. The SMILES string of the molecule is COc1cc(O)c(C=O)c(OCC(=O)Nc2cc(C3CC[C@@H](OC(=O)N4CCCN4C)C3)nn2C(C)(C)C)c1. The van der Waals surface area contributed by atoms with E-state index in [-0.39, 0.29) is 40.9 Å². The highest BCUT2D eigenvalue weighted by molar-refractivity contribution is 5.91. The zero-order valence-corrected chi connectivity index (χ0v) is 23.1. The summed E-state index contributed by atoms with van der Waals surface area (Å²) < 4.78 is 18.2. The van der Waals surface area contributed by atoms with Crippen molar-refractivity contribution in [1.82, 2.24) is 19.8 Å².